The molecule has 0 spiro atoms. The number of amides is 1. The van der Waals surface area contributed by atoms with Gasteiger partial charge in [0.05, 0.1) is 6.10 Å². The van der Waals surface area contributed by atoms with Gasteiger partial charge in [-0.15, -0.1) is 12.4 Å². The minimum absolute atomic E-state index is 0. The molecule has 1 aliphatic rings. The molecule has 1 saturated carbocycles. The molecule has 4 N–H and O–H groups in total. The second-order valence-electron chi connectivity index (χ2n) is 5.75. The Balaban J connectivity index is 0.00000220. The molecule has 1 aromatic carbocycles. The highest BCUT2D eigenvalue weighted by molar-refractivity contribution is 5.96. The zero-order valence-corrected chi connectivity index (χ0v) is 13.3. The van der Waals surface area contributed by atoms with E-state index in [1.54, 1.807) is 12.1 Å². The van der Waals surface area contributed by atoms with Crippen LogP contribution in [0.4, 0.5) is 5.69 Å². The molecule has 4 nitrogen and oxygen atoms in total. The van der Waals surface area contributed by atoms with Crippen molar-refractivity contribution in [3.05, 3.63) is 29.3 Å². The number of nitrogens with one attached hydrogen (secondary N) is 1. The Morgan fingerprint density at radius 2 is 2.05 bits per heavy atom. The molecule has 0 radical (unpaired) electrons. The van der Waals surface area contributed by atoms with Gasteiger partial charge in [0.15, 0.2) is 0 Å². The number of anilines is 1. The van der Waals surface area contributed by atoms with Gasteiger partial charge in [-0.05, 0) is 43.4 Å². The van der Waals surface area contributed by atoms with Gasteiger partial charge in [-0.1, -0.05) is 25.3 Å². The molecule has 0 heterocycles. The number of nitrogen functional groups attached to an aromatic ring is 1. The summed E-state index contributed by atoms with van der Waals surface area (Å²) in [4.78, 5) is 12.1. The van der Waals surface area contributed by atoms with E-state index in [1.165, 1.54) is 19.3 Å². The molecule has 1 fully saturated rings. The first-order valence-corrected chi connectivity index (χ1v) is 7.40. The second kappa shape index (κ2) is 8.25. The van der Waals surface area contributed by atoms with Gasteiger partial charge in [-0.3, -0.25) is 4.79 Å². The number of aryl methyl sites for hydroxylation is 1. The minimum atomic E-state index is -0.444. The molecule has 118 valence electrons. The van der Waals surface area contributed by atoms with Crippen molar-refractivity contribution in [2.75, 3.05) is 12.3 Å². The summed E-state index contributed by atoms with van der Waals surface area (Å²) < 4.78 is 0. The molecular formula is C16H25ClN2O2. The number of aliphatic hydroxyl groups is 1. The van der Waals surface area contributed by atoms with Crippen LogP contribution in [0.2, 0.25) is 0 Å². The van der Waals surface area contributed by atoms with Crippen molar-refractivity contribution >= 4 is 24.0 Å². The largest absolute Gasteiger partial charge is 0.399 e. The number of rotatable bonds is 4. The summed E-state index contributed by atoms with van der Waals surface area (Å²) >= 11 is 0. The van der Waals surface area contributed by atoms with E-state index in [-0.39, 0.29) is 18.3 Å². The van der Waals surface area contributed by atoms with E-state index in [2.05, 4.69) is 5.32 Å². The lowest BCUT2D eigenvalue weighted by Crippen LogP contribution is -2.37. The maximum Gasteiger partial charge on any atom is 0.251 e. The number of benzene rings is 1. The quantitative estimate of drug-likeness (QED) is 0.748. The smallest absolute Gasteiger partial charge is 0.251 e. The lowest BCUT2D eigenvalue weighted by molar-refractivity contribution is 0.0738. The molecule has 1 atom stereocenters. The number of hydrogen-bond acceptors (Lipinski definition) is 3. The fourth-order valence-corrected chi connectivity index (χ4v) is 2.86. The first kappa shape index (κ1) is 17.8. The van der Waals surface area contributed by atoms with Gasteiger partial charge < -0.3 is 16.2 Å². The van der Waals surface area contributed by atoms with E-state index in [1.807, 2.05) is 13.0 Å². The molecule has 0 saturated heterocycles. The van der Waals surface area contributed by atoms with Crippen LogP contribution in [-0.4, -0.2) is 23.7 Å². The van der Waals surface area contributed by atoms with Gasteiger partial charge in [-0.2, -0.15) is 0 Å². The first-order chi connectivity index (χ1) is 9.58. The van der Waals surface area contributed by atoms with Crippen molar-refractivity contribution in [3.63, 3.8) is 0 Å². The highest BCUT2D eigenvalue weighted by Crippen LogP contribution is 2.26. The third kappa shape index (κ3) is 4.90. The molecule has 1 unspecified atom stereocenters. The SMILES string of the molecule is Cc1ccc(N)cc1C(=O)NCC(O)C1CCCCC1.Cl. The summed E-state index contributed by atoms with van der Waals surface area (Å²) in [5, 5.41) is 13.0. The van der Waals surface area contributed by atoms with Crippen molar-refractivity contribution in [2.24, 2.45) is 5.92 Å². The van der Waals surface area contributed by atoms with Crippen LogP contribution < -0.4 is 11.1 Å². The summed E-state index contributed by atoms with van der Waals surface area (Å²) in [6, 6.07) is 5.29. The van der Waals surface area contributed by atoms with Crippen LogP contribution in [-0.2, 0) is 0 Å². The summed E-state index contributed by atoms with van der Waals surface area (Å²) in [6.07, 6.45) is 5.31. The van der Waals surface area contributed by atoms with Crippen molar-refractivity contribution in [3.8, 4) is 0 Å². The van der Waals surface area contributed by atoms with E-state index in [0.717, 1.165) is 18.4 Å². The molecule has 0 aliphatic heterocycles. The number of nitrogens with two attached hydrogens (primary N) is 1. The van der Waals surface area contributed by atoms with E-state index < -0.39 is 6.10 Å². The van der Waals surface area contributed by atoms with E-state index in [4.69, 9.17) is 5.73 Å². The zero-order chi connectivity index (χ0) is 14.5. The Hall–Kier alpha value is -1.26. The maximum atomic E-state index is 12.1. The molecule has 2 rings (SSSR count). The lowest BCUT2D eigenvalue weighted by Gasteiger charge is -2.26. The lowest BCUT2D eigenvalue weighted by atomic mass is 9.85. The number of halogens is 1. The Bertz CT molecular complexity index is 473. The Labute approximate surface area is 132 Å². The van der Waals surface area contributed by atoms with E-state index in [9.17, 15) is 9.90 Å². The molecule has 1 amide bonds. The number of hydrogen-bond donors (Lipinski definition) is 3. The van der Waals surface area contributed by atoms with Crippen LogP contribution in [0.3, 0.4) is 0 Å². The summed E-state index contributed by atoms with van der Waals surface area (Å²) in [5.41, 5.74) is 7.76. The predicted molar refractivity (Wildman–Crippen MR) is 87.8 cm³/mol. The normalized spacial score (nSPS) is 16.9. The van der Waals surface area contributed by atoms with Crippen LogP contribution in [0.15, 0.2) is 18.2 Å². The van der Waals surface area contributed by atoms with Crippen LogP contribution in [0.25, 0.3) is 0 Å². The van der Waals surface area contributed by atoms with Crippen LogP contribution in [0.1, 0.15) is 48.0 Å². The molecule has 0 bridgehead atoms. The van der Waals surface area contributed by atoms with Crippen molar-refractivity contribution in [2.45, 2.75) is 45.1 Å². The average molecular weight is 313 g/mol. The topological polar surface area (TPSA) is 75.4 Å². The third-order valence-electron chi connectivity index (χ3n) is 4.17. The fraction of sp³-hybridized carbons (Fsp3) is 0.562. The molecule has 0 aromatic heterocycles. The highest BCUT2D eigenvalue weighted by Gasteiger charge is 2.22. The van der Waals surface area contributed by atoms with Crippen LogP contribution in [0.5, 0.6) is 0 Å². The highest BCUT2D eigenvalue weighted by atomic mass is 35.5. The maximum absolute atomic E-state index is 12.1. The first-order valence-electron chi connectivity index (χ1n) is 7.40. The Kier molecular flexibility index (Phi) is 6.99. The minimum Gasteiger partial charge on any atom is -0.399 e. The average Bonchev–Trinajstić information content (AvgIpc) is 2.47. The Morgan fingerprint density at radius 3 is 2.71 bits per heavy atom. The molecule has 21 heavy (non-hydrogen) atoms. The zero-order valence-electron chi connectivity index (χ0n) is 12.5. The number of aliphatic hydroxyl groups excluding tert-OH is 1. The molecule has 5 heteroatoms. The second-order valence-corrected chi connectivity index (χ2v) is 5.75. The number of carbonyl (C=O) groups excluding carboxylic acids is 1. The standard InChI is InChI=1S/C16H24N2O2.ClH/c1-11-7-8-13(17)9-14(11)16(20)18-10-15(19)12-5-3-2-4-6-12;/h7-9,12,15,19H,2-6,10,17H2,1H3,(H,18,20);1H. The van der Waals surface area contributed by atoms with E-state index >= 15 is 0 Å². The van der Waals surface area contributed by atoms with Gasteiger partial charge in [0.1, 0.15) is 0 Å². The fourth-order valence-electron chi connectivity index (χ4n) is 2.86. The summed E-state index contributed by atoms with van der Waals surface area (Å²) in [6.45, 7) is 2.20. The summed E-state index contributed by atoms with van der Waals surface area (Å²) in [7, 11) is 0. The summed E-state index contributed by atoms with van der Waals surface area (Å²) in [5.74, 6) is 0.163. The predicted octanol–water partition coefficient (Wildman–Crippen LogP) is 2.67. The van der Waals surface area contributed by atoms with Gasteiger partial charge >= 0.3 is 0 Å². The van der Waals surface area contributed by atoms with Gasteiger partial charge in [0, 0.05) is 17.8 Å². The Morgan fingerprint density at radius 1 is 1.38 bits per heavy atom. The molecule has 1 aromatic rings. The van der Waals surface area contributed by atoms with Crippen LogP contribution >= 0.6 is 12.4 Å². The van der Waals surface area contributed by atoms with Crippen LogP contribution in [0, 0.1) is 12.8 Å². The third-order valence-corrected chi connectivity index (χ3v) is 4.17. The monoisotopic (exact) mass is 312 g/mol. The van der Waals surface area contributed by atoms with E-state index in [0.29, 0.717) is 23.7 Å². The molecular weight excluding hydrogens is 288 g/mol. The van der Waals surface area contributed by atoms with Crippen molar-refractivity contribution in [1.82, 2.24) is 5.32 Å². The number of carbonyl (C=O) groups is 1. The molecule has 1 aliphatic carbocycles. The van der Waals surface area contributed by atoms with Gasteiger partial charge in [0.2, 0.25) is 0 Å². The van der Waals surface area contributed by atoms with Gasteiger partial charge in [-0.25, -0.2) is 0 Å². The van der Waals surface area contributed by atoms with Crippen molar-refractivity contribution in [1.29, 1.82) is 0 Å². The van der Waals surface area contributed by atoms with Crippen molar-refractivity contribution < 1.29 is 9.90 Å². The van der Waals surface area contributed by atoms with Gasteiger partial charge in [0.25, 0.3) is 5.91 Å².